The second kappa shape index (κ2) is 6.48. The van der Waals surface area contributed by atoms with Crippen LogP contribution in [0.2, 0.25) is 0 Å². The van der Waals surface area contributed by atoms with Crippen LogP contribution in [-0.4, -0.2) is 34.2 Å². The number of hydrogen-bond acceptors (Lipinski definition) is 2. The molecule has 0 spiro atoms. The van der Waals surface area contributed by atoms with Crippen molar-refractivity contribution in [3.63, 3.8) is 0 Å². The van der Waals surface area contributed by atoms with Gasteiger partial charge in [-0.1, -0.05) is 15.9 Å². The number of alkyl halides is 1. The molecular formula is C11H15BrN2O2. The number of aromatic amines is 1. The number of hydrogen-bond donors (Lipinski definition) is 1. The van der Waals surface area contributed by atoms with Gasteiger partial charge in [-0.05, 0) is 19.4 Å². The van der Waals surface area contributed by atoms with Crippen molar-refractivity contribution < 1.29 is 4.79 Å². The van der Waals surface area contributed by atoms with Gasteiger partial charge in [0.15, 0.2) is 0 Å². The summed E-state index contributed by atoms with van der Waals surface area (Å²) < 4.78 is 0. The molecule has 1 aromatic rings. The second-order valence-corrected chi connectivity index (χ2v) is 4.16. The largest absolute Gasteiger partial charge is 0.339 e. The zero-order valence-corrected chi connectivity index (χ0v) is 10.8. The van der Waals surface area contributed by atoms with E-state index in [4.69, 9.17) is 0 Å². The van der Waals surface area contributed by atoms with Crippen molar-refractivity contribution in [1.82, 2.24) is 9.88 Å². The molecule has 0 aliphatic rings. The molecule has 0 bridgehead atoms. The Kier molecular flexibility index (Phi) is 5.25. The summed E-state index contributed by atoms with van der Waals surface area (Å²) in [5.41, 5.74) is 0.330. The minimum Gasteiger partial charge on any atom is -0.339 e. The van der Waals surface area contributed by atoms with Crippen LogP contribution in [0.5, 0.6) is 0 Å². The van der Waals surface area contributed by atoms with E-state index in [-0.39, 0.29) is 11.5 Å². The van der Waals surface area contributed by atoms with E-state index in [2.05, 4.69) is 20.9 Å². The van der Waals surface area contributed by atoms with E-state index >= 15 is 0 Å². The van der Waals surface area contributed by atoms with Gasteiger partial charge in [0, 0.05) is 30.7 Å². The van der Waals surface area contributed by atoms with Gasteiger partial charge in [-0.3, -0.25) is 9.59 Å². The molecule has 0 saturated heterocycles. The van der Waals surface area contributed by atoms with Crippen LogP contribution in [0.1, 0.15) is 23.7 Å². The maximum atomic E-state index is 12.0. The number of pyridine rings is 1. The Hall–Kier alpha value is -1.10. The second-order valence-electron chi connectivity index (χ2n) is 3.37. The van der Waals surface area contributed by atoms with Crippen LogP contribution in [0, 0.1) is 0 Å². The maximum Gasteiger partial charge on any atom is 0.255 e. The van der Waals surface area contributed by atoms with E-state index in [0.29, 0.717) is 12.1 Å². The van der Waals surface area contributed by atoms with Gasteiger partial charge in [-0.25, -0.2) is 0 Å². The molecule has 1 N–H and O–H groups in total. The summed E-state index contributed by atoms with van der Waals surface area (Å²) in [7, 11) is 0. The summed E-state index contributed by atoms with van der Waals surface area (Å²) in [6.45, 7) is 3.34. The molecule has 0 aliphatic carbocycles. The summed E-state index contributed by atoms with van der Waals surface area (Å²) in [6.07, 6.45) is 2.38. The smallest absolute Gasteiger partial charge is 0.255 e. The van der Waals surface area contributed by atoms with E-state index in [1.807, 2.05) is 6.92 Å². The summed E-state index contributed by atoms with van der Waals surface area (Å²) in [5.74, 6) is -0.0419. The monoisotopic (exact) mass is 286 g/mol. The van der Waals surface area contributed by atoms with Crippen molar-refractivity contribution in [2.24, 2.45) is 0 Å². The molecule has 16 heavy (non-hydrogen) atoms. The average Bonchev–Trinajstić information content (AvgIpc) is 2.30. The van der Waals surface area contributed by atoms with Crippen molar-refractivity contribution in [3.8, 4) is 0 Å². The van der Waals surface area contributed by atoms with E-state index in [1.165, 1.54) is 12.3 Å². The number of nitrogens with one attached hydrogen (secondary N) is 1. The highest BCUT2D eigenvalue weighted by molar-refractivity contribution is 9.09. The highest BCUT2D eigenvalue weighted by Gasteiger charge is 2.13. The van der Waals surface area contributed by atoms with Crippen molar-refractivity contribution in [3.05, 3.63) is 34.2 Å². The summed E-state index contributed by atoms with van der Waals surface area (Å²) >= 11 is 3.34. The first-order valence-corrected chi connectivity index (χ1v) is 6.35. The van der Waals surface area contributed by atoms with Gasteiger partial charge in [-0.2, -0.15) is 0 Å². The highest BCUT2D eigenvalue weighted by Crippen LogP contribution is 2.03. The van der Waals surface area contributed by atoms with Gasteiger partial charge in [0.25, 0.3) is 5.91 Å². The van der Waals surface area contributed by atoms with E-state index in [0.717, 1.165) is 18.3 Å². The summed E-state index contributed by atoms with van der Waals surface area (Å²) in [4.78, 5) is 27.1. The Balaban J connectivity index is 2.74. The standard InChI is InChI=1S/C11H15BrN2O2/c1-2-14(7-3-6-12)11(16)9-4-5-10(15)13-8-9/h4-5,8H,2-3,6-7H2,1H3,(H,13,15). The minimum absolute atomic E-state index is 0.0419. The lowest BCUT2D eigenvalue weighted by atomic mass is 10.2. The third kappa shape index (κ3) is 3.48. The van der Waals surface area contributed by atoms with E-state index in [1.54, 1.807) is 11.0 Å². The molecule has 0 fully saturated rings. The molecule has 88 valence electrons. The molecule has 1 aromatic heterocycles. The summed E-state index contributed by atoms with van der Waals surface area (Å²) in [5, 5.41) is 0.877. The minimum atomic E-state index is -0.194. The fourth-order valence-corrected chi connectivity index (χ4v) is 1.63. The molecule has 0 aromatic carbocycles. The maximum absolute atomic E-state index is 12.0. The van der Waals surface area contributed by atoms with Crippen LogP contribution in [-0.2, 0) is 0 Å². The number of amides is 1. The Morgan fingerprint density at radius 1 is 1.50 bits per heavy atom. The number of H-pyrrole nitrogens is 1. The van der Waals surface area contributed by atoms with Gasteiger partial charge in [0.2, 0.25) is 5.56 Å². The third-order valence-corrected chi connectivity index (χ3v) is 2.82. The molecule has 0 saturated carbocycles. The molecule has 0 radical (unpaired) electrons. The predicted octanol–water partition coefficient (Wildman–Crippen LogP) is 1.62. The number of aromatic nitrogens is 1. The van der Waals surface area contributed by atoms with Crippen LogP contribution in [0.4, 0.5) is 0 Å². The van der Waals surface area contributed by atoms with Gasteiger partial charge >= 0.3 is 0 Å². The van der Waals surface area contributed by atoms with Crippen molar-refractivity contribution >= 4 is 21.8 Å². The Bertz CT molecular complexity index is 383. The molecule has 0 unspecified atom stereocenters. The topological polar surface area (TPSA) is 53.2 Å². The molecule has 1 heterocycles. The normalized spacial score (nSPS) is 10.1. The summed E-state index contributed by atoms with van der Waals surface area (Å²) in [6, 6.07) is 2.92. The number of rotatable bonds is 5. The SMILES string of the molecule is CCN(CCCBr)C(=O)c1ccc(=O)[nH]c1. The zero-order chi connectivity index (χ0) is 12.0. The van der Waals surface area contributed by atoms with Crippen molar-refractivity contribution in [2.45, 2.75) is 13.3 Å². The quantitative estimate of drug-likeness (QED) is 0.837. The Labute approximate surface area is 103 Å². The first-order chi connectivity index (χ1) is 7.69. The molecule has 0 aliphatic heterocycles. The molecule has 4 nitrogen and oxygen atoms in total. The van der Waals surface area contributed by atoms with E-state index < -0.39 is 0 Å². The number of carbonyl (C=O) groups excluding carboxylic acids is 1. The number of halogens is 1. The number of carbonyl (C=O) groups is 1. The van der Waals surface area contributed by atoms with Crippen LogP contribution in [0.15, 0.2) is 23.1 Å². The first-order valence-electron chi connectivity index (χ1n) is 5.23. The average molecular weight is 287 g/mol. The van der Waals surface area contributed by atoms with Gasteiger partial charge in [-0.15, -0.1) is 0 Å². The fraction of sp³-hybridized carbons (Fsp3) is 0.455. The van der Waals surface area contributed by atoms with Gasteiger partial charge < -0.3 is 9.88 Å². The Morgan fingerprint density at radius 3 is 2.75 bits per heavy atom. The van der Waals surface area contributed by atoms with E-state index in [9.17, 15) is 9.59 Å². The third-order valence-electron chi connectivity index (χ3n) is 2.26. The lowest BCUT2D eigenvalue weighted by Gasteiger charge is -2.20. The molecule has 1 amide bonds. The van der Waals surface area contributed by atoms with Gasteiger partial charge in [0.1, 0.15) is 0 Å². The molecule has 5 heteroatoms. The lowest BCUT2D eigenvalue weighted by molar-refractivity contribution is 0.0764. The first kappa shape index (κ1) is 13.0. The lowest BCUT2D eigenvalue weighted by Crippen LogP contribution is -2.32. The highest BCUT2D eigenvalue weighted by atomic mass is 79.9. The molecule has 0 atom stereocenters. The fourth-order valence-electron chi connectivity index (χ4n) is 1.38. The van der Waals surface area contributed by atoms with Crippen molar-refractivity contribution in [2.75, 3.05) is 18.4 Å². The predicted molar refractivity (Wildman–Crippen MR) is 67.1 cm³/mol. The Morgan fingerprint density at radius 2 is 2.25 bits per heavy atom. The molecule has 1 rings (SSSR count). The van der Waals surface area contributed by atoms with Crippen LogP contribution >= 0.6 is 15.9 Å². The van der Waals surface area contributed by atoms with Crippen LogP contribution in [0.3, 0.4) is 0 Å². The van der Waals surface area contributed by atoms with Crippen molar-refractivity contribution in [1.29, 1.82) is 0 Å². The van der Waals surface area contributed by atoms with Crippen LogP contribution < -0.4 is 5.56 Å². The van der Waals surface area contributed by atoms with Gasteiger partial charge in [0.05, 0.1) is 5.56 Å². The zero-order valence-electron chi connectivity index (χ0n) is 9.20. The number of nitrogens with zero attached hydrogens (tertiary/aromatic N) is 1. The molecular weight excluding hydrogens is 272 g/mol. The van der Waals surface area contributed by atoms with Crippen LogP contribution in [0.25, 0.3) is 0 Å².